The summed E-state index contributed by atoms with van der Waals surface area (Å²) < 4.78 is 30.9. The fraction of sp³-hybridized carbons (Fsp3) is 0.350. The van der Waals surface area contributed by atoms with Crippen LogP contribution in [-0.4, -0.2) is 40.3 Å². The van der Waals surface area contributed by atoms with Crippen LogP contribution < -0.4 is 14.4 Å². The Morgan fingerprint density at radius 1 is 1.18 bits per heavy atom. The number of carbonyl (C=O) groups is 1. The minimum atomic E-state index is -3.72. The third kappa shape index (κ3) is 5.39. The molecule has 2 rings (SSSR count). The molecule has 2 aromatic carbocycles. The van der Waals surface area contributed by atoms with Crippen molar-refractivity contribution in [3.63, 3.8) is 0 Å². The summed E-state index contributed by atoms with van der Waals surface area (Å²) in [7, 11) is -2.24. The van der Waals surface area contributed by atoms with Crippen molar-refractivity contribution in [3.8, 4) is 5.75 Å². The van der Waals surface area contributed by atoms with Gasteiger partial charge in [0, 0.05) is 6.54 Å². The molecule has 0 saturated carbocycles. The summed E-state index contributed by atoms with van der Waals surface area (Å²) in [5.41, 5.74) is 1.39. The topological polar surface area (TPSA) is 75.7 Å². The van der Waals surface area contributed by atoms with Crippen LogP contribution in [0, 0.1) is 0 Å². The van der Waals surface area contributed by atoms with Gasteiger partial charge >= 0.3 is 0 Å². The molecule has 152 valence electrons. The van der Waals surface area contributed by atoms with Crippen LogP contribution in [0.2, 0.25) is 5.02 Å². The van der Waals surface area contributed by atoms with Crippen LogP contribution in [0.4, 0.5) is 5.69 Å². The number of hydrogen-bond acceptors (Lipinski definition) is 4. The SMILES string of the molecule is COc1ccc(N([C@H](C)C(=O)NC[C@@H](C)c2ccccc2)S(C)(=O)=O)cc1Cl. The number of sulfonamides is 1. The molecule has 0 saturated heterocycles. The lowest BCUT2D eigenvalue weighted by molar-refractivity contribution is -0.121. The smallest absolute Gasteiger partial charge is 0.243 e. The number of carbonyl (C=O) groups excluding carboxylic acids is 1. The third-order valence-electron chi connectivity index (χ3n) is 4.43. The van der Waals surface area contributed by atoms with Crippen molar-refractivity contribution in [2.24, 2.45) is 0 Å². The standard InChI is InChI=1S/C20H25ClN2O4S/c1-14(16-8-6-5-7-9-16)13-22-20(24)15(2)23(28(4,25)26)17-10-11-19(27-3)18(21)12-17/h5-12,14-15H,13H2,1-4H3,(H,22,24)/t14-,15-/m1/s1. The van der Waals surface area contributed by atoms with Crippen molar-refractivity contribution in [1.29, 1.82) is 0 Å². The molecule has 2 aromatic rings. The molecule has 0 aliphatic heterocycles. The van der Waals surface area contributed by atoms with Crippen LogP contribution in [0.1, 0.15) is 25.3 Å². The minimum Gasteiger partial charge on any atom is -0.495 e. The maximum atomic E-state index is 12.7. The normalized spacial score (nSPS) is 13.5. The van der Waals surface area contributed by atoms with E-state index in [9.17, 15) is 13.2 Å². The highest BCUT2D eigenvalue weighted by Gasteiger charge is 2.29. The number of methoxy groups -OCH3 is 1. The van der Waals surface area contributed by atoms with E-state index in [1.807, 2.05) is 37.3 Å². The molecule has 0 bridgehead atoms. The van der Waals surface area contributed by atoms with Gasteiger partial charge in [0.1, 0.15) is 11.8 Å². The second-order valence-corrected chi connectivity index (χ2v) is 8.88. The lowest BCUT2D eigenvalue weighted by Gasteiger charge is -2.29. The second-order valence-electron chi connectivity index (χ2n) is 6.61. The van der Waals surface area contributed by atoms with Crippen molar-refractivity contribution >= 4 is 33.2 Å². The van der Waals surface area contributed by atoms with Crippen molar-refractivity contribution in [1.82, 2.24) is 5.32 Å². The Labute approximate surface area is 171 Å². The van der Waals surface area contributed by atoms with Crippen LogP contribution in [-0.2, 0) is 14.8 Å². The Hall–Kier alpha value is -2.25. The number of nitrogens with one attached hydrogen (secondary N) is 1. The van der Waals surface area contributed by atoms with E-state index in [1.165, 1.54) is 13.2 Å². The minimum absolute atomic E-state index is 0.0967. The van der Waals surface area contributed by atoms with Gasteiger partial charge in [0.25, 0.3) is 0 Å². The Bertz CT molecular complexity index is 919. The van der Waals surface area contributed by atoms with Crippen LogP contribution in [0.5, 0.6) is 5.75 Å². The molecule has 0 fully saturated rings. The van der Waals surface area contributed by atoms with Gasteiger partial charge in [0.2, 0.25) is 15.9 Å². The largest absolute Gasteiger partial charge is 0.495 e. The zero-order valence-corrected chi connectivity index (χ0v) is 17.9. The van der Waals surface area contributed by atoms with E-state index in [-0.39, 0.29) is 16.8 Å². The van der Waals surface area contributed by atoms with Gasteiger partial charge in [-0.05, 0) is 36.6 Å². The Kier molecular flexibility index (Phi) is 7.32. The third-order valence-corrected chi connectivity index (χ3v) is 5.97. The predicted octanol–water partition coefficient (Wildman–Crippen LogP) is 3.42. The molecule has 0 unspecified atom stereocenters. The van der Waals surface area contributed by atoms with Gasteiger partial charge in [-0.1, -0.05) is 48.9 Å². The van der Waals surface area contributed by atoms with Crippen molar-refractivity contribution in [2.75, 3.05) is 24.2 Å². The molecule has 28 heavy (non-hydrogen) atoms. The van der Waals surface area contributed by atoms with Gasteiger partial charge < -0.3 is 10.1 Å². The number of rotatable bonds is 8. The Morgan fingerprint density at radius 2 is 1.82 bits per heavy atom. The molecule has 2 atom stereocenters. The Morgan fingerprint density at radius 3 is 2.36 bits per heavy atom. The number of amides is 1. The first kappa shape index (κ1) is 22.0. The summed E-state index contributed by atoms with van der Waals surface area (Å²) in [4.78, 5) is 12.7. The number of benzene rings is 2. The average molecular weight is 425 g/mol. The predicted molar refractivity (Wildman–Crippen MR) is 113 cm³/mol. The summed E-state index contributed by atoms with van der Waals surface area (Å²) in [6.07, 6.45) is 1.06. The summed E-state index contributed by atoms with van der Waals surface area (Å²) in [5.74, 6) is 0.132. The van der Waals surface area contributed by atoms with E-state index in [0.29, 0.717) is 18.0 Å². The molecule has 0 spiro atoms. The maximum Gasteiger partial charge on any atom is 0.243 e. The van der Waals surface area contributed by atoms with Crippen molar-refractivity contribution in [2.45, 2.75) is 25.8 Å². The highest BCUT2D eigenvalue weighted by atomic mass is 35.5. The lowest BCUT2D eigenvalue weighted by Crippen LogP contribution is -2.48. The molecule has 0 aliphatic rings. The highest BCUT2D eigenvalue weighted by Crippen LogP contribution is 2.31. The molecule has 0 aromatic heterocycles. The van der Waals surface area contributed by atoms with Crippen LogP contribution in [0.25, 0.3) is 0 Å². The number of nitrogens with zero attached hydrogens (tertiary/aromatic N) is 1. The molecule has 1 amide bonds. The lowest BCUT2D eigenvalue weighted by atomic mass is 10.0. The molecule has 0 radical (unpaired) electrons. The molecule has 0 aliphatic carbocycles. The van der Waals surface area contributed by atoms with Gasteiger partial charge in [0.15, 0.2) is 0 Å². The quantitative estimate of drug-likeness (QED) is 0.704. The van der Waals surface area contributed by atoms with E-state index in [2.05, 4.69) is 5.32 Å². The number of anilines is 1. The zero-order valence-electron chi connectivity index (χ0n) is 16.3. The highest BCUT2D eigenvalue weighted by molar-refractivity contribution is 7.92. The first-order chi connectivity index (χ1) is 13.1. The molecule has 1 N–H and O–H groups in total. The van der Waals surface area contributed by atoms with E-state index in [0.717, 1.165) is 16.1 Å². The molecule has 0 heterocycles. The van der Waals surface area contributed by atoms with E-state index in [1.54, 1.807) is 19.1 Å². The van der Waals surface area contributed by atoms with Gasteiger partial charge in [-0.25, -0.2) is 8.42 Å². The number of ether oxygens (including phenoxy) is 1. The fourth-order valence-corrected chi connectivity index (χ4v) is 4.32. The fourth-order valence-electron chi connectivity index (χ4n) is 2.90. The monoisotopic (exact) mass is 424 g/mol. The van der Waals surface area contributed by atoms with Crippen LogP contribution in [0.15, 0.2) is 48.5 Å². The van der Waals surface area contributed by atoms with E-state index in [4.69, 9.17) is 16.3 Å². The molecular formula is C20H25ClN2O4S. The van der Waals surface area contributed by atoms with Crippen molar-refractivity contribution < 1.29 is 17.9 Å². The maximum absolute atomic E-state index is 12.7. The average Bonchev–Trinajstić information content (AvgIpc) is 2.65. The van der Waals surface area contributed by atoms with Crippen LogP contribution in [0.3, 0.4) is 0 Å². The Balaban J connectivity index is 2.17. The summed E-state index contributed by atoms with van der Waals surface area (Å²) in [6, 6.07) is 13.4. The van der Waals surface area contributed by atoms with Gasteiger partial charge in [-0.2, -0.15) is 0 Å². The van der Waals surface area contributed by atoms with Crippen molar-refractivity contribution in [3.05, 3.63) is 59.1 Å². The van der Waals surface area contributed by atoms with E-state index < -0.39 is 16.1 Å². The zero-order chi connectivity index (χ0) is 20.9. The molecule has 6 nitrogen and oxygen atoms in total. The first-order valence-electron chi connectivity index (χ1n) is 8.80. The molecule has 8 heteroatoms. The van der Waals surface area contributed by atoms with Gasteiger partial charge in [-0.3, -0.25) is 9.10 Å². The summed E-state index contributed by atoms with van der Waals surface area (Å²) in [5, 5.41) is 3.10. The van der Waals surface area contributed by atoms with Gasteiger partial charge in [0.05, 0.1) is 24.1 Å². The summed E-state index contributed by atoms with van der Waals surface area (Å²) in [6.45, 7) is 3.94. The number of halogens is 1. The molecular weight excluding hydrogens is 400 g/mol. The summed E-state index contributed by atoms with van der Waals surface area (Å²) >= 11 is 6.13. The van der Waals surface area contributed by atoms with Gasteiger partial charge in [-0.15, -0.1) is 0 Å². The first-order valence-corrected chi connectivity index (χ1v) is 11.0. The van der Waals surface area contributed by atoms with Crippen LogP contribution >= 0.6 is 11.6 Å². The van der Waals surface area contributed by atoms with E-state index >= 15 is 0 Å². The second kappa shape index (κ2) is 9.30. The number of hydrogen-bond donors (Lipinski definition) is 1.